The minimum atomic E-state index is -0.242. The zero-order valence-corrected chi connectivity index (χ0v) is 16.9. The molecule has 0 aliphatic carbocycles. The lowest BCUT2D eigenvalue weighted by Gasteiger charge is -2.11. The van der Waals surface area contributed by atoms with Gasteiger partial charge in [-0.3, -0.25) is 14.7 Å². The Kier molecular flexibility index (Phi) is 4.54. The summed E-state index contributed by atoms with van der Waals surface area (Å²) in [6.45, 7) is 7.54. The molecule has 0 spiro atoms. The lowest BCUT2D eigenvalue weighted by molar-refractivity contribution is -0.114. The molecule has 1 aliphatic rings. The maximum atomic E-state index is 13.1. The van der Waals surface area contributed by atoms with Crippen molar-refractivity contribution < 1.29 is 4.79 Å². The third kappa shape index (κ3) is 3.23. The van der Waals surface area contributed by atoms with Gasteiger partial charge in [-0.2, -0.15) is 10.1 Å². The van der Waals surface area contributed by atoms with E-state index in [2.05, 4.69) is 10.2 Å². The Hall–Kier alpha value is -3.67. The Morgan fingerprint density at radius 3 is 2.31 bits per heavy atom. The highest BCUT2D eigenvalue weighted by Crippen LogP contribution is 2.25. The maximum Gasteiger partial charge on any atom is 0.280 e. The number of nitrogens with zero attached hydrogens (tertiary/aromatic N) is 3. The first kappa shape index (κ1) is 18.7. The average molecular weight is 386 g/mol. The predicted octanol–water partition coefficient (Wildman–Crippen LogP) is 3.90. The van der Waals surface area contributed by atoms with Gasteiger partial charge in [0.2, 0.25) is 0 Å². The van der Waals surface area contributed by atoms with Gasteiger partial charge in [-0.1, -0.05) is 35.9 Å². The molecule has 2 aromatic carbocycles. The second-order valence-electron chi connectivity index (χ2n) is 7.27. The number of hydrazone groups is 1. The molecule has 0 saturated carbocycles. The van der Waals surface area contributed by atoms with Gasteiger partial charge in [0.25, 0.3) is 11.5 Å². The zero-order valence-electron chi connectivity index (χ0n) is 16.9. The van der Waals surface area contributed by atoms with Crippen LogP contribution in [0.5, 0.6) is 0 Å². The van der Waals surface area contributed by atoms with Crippen molar-refractivity contribution in [3.8, 4) is 5.69 Å². The monoisotopic (exact) mass is 386 g/mol. The molecule has 0 radical (unpaired) electrons. The lowest BCUT2D eigenvalue weighted by atomic mass is 10.1. The van der Waals surface area contributed by atoms with Gasteiger partial charge in [-0.15, -0.1) is 0 Å². The Balaban J connectivity index is 1.75. The van der Waals surface area contributed by atoms with Crippen LogP contribution >= 0.6 is 0 Å². The average Bonchev–Trinajstić information content (AvgIpc) is 3.14. The second-order valence-corrected chi connectivity index (χ2v) is 7.27. The van der Waals surface area contributed by atoms with Gasteiger partial charge in [0.15, 0.2) is 0 Å². The Labute approximate surface area is 168 Å². The van der Waals surface area contributed by atoms with E-state index >= 15 is 0 Å². The number of rotatable bonds is 3. The van der Waals surface area contributed by atoms with E-state index in [0.29, 0.717) is 28.2 Å². The van der Waals surface area contributed by atoms with Gasteiger partial charge in [-0.25, -0.2) is 4.68 Å². The number of hydrogen-bond donors (Lipinski definition) is 1. The second kappa shape index (κ2) is 7.05. The van der Waals surface area contributed by atoms with E-state index in [9.17, 15) is 9.59 Å². The van der Waals surface area contributed by atoms with Crippen LogP contribution in [0.3, 0.4) is 0 Å². The van der Waals surface area contributed by atoms with Crippen molar-refractivity contribution >= 4 is 23.4 Å². The van der Waals surface area contributed by atoms with Crippen molar-refractivity contribution in [2.24, 2.45) is 5.10 Å². The van der Waals surface area contributed by atoms with Gasteiger partial charge in [-0.05, 0) is 57.5 Å². The molecule has 1 amide bonds. The van der Waals surface area contributed by atoms with Crippen molar-refractivity contribution in [3.05, 3.63) is 86.8 Å². The molecule has 2 heterocycles. The molecule has 29 heavy (non-hydrogen) atoms. The highest BCUT2D eigenvalue weighted by Gasteiger charge is 2.29. The van der Waals surface area contributed by atoms with Crippen molar-refractivity contribution in [1.82, 2.24) is 9.78 Å². The van der Waals surface area contributed by atoms with E-state index in [4.69, 9.17) is 0 Å². The summed E-state index contributed by atoms with van der Waals surface area (Å²) in [5, 5.41) is 8.89. The zero-order chi connectivity index (χ0) is 20.7. The summed E-state index contributed by atoms with van der Waals surface area (Å²) in [5.74, 6) is -0.242. The fraction of sp³-hybridized carbons (Fsp3) is 0.174. The van der Waals surface area contributed by atoms with Crippen LogP contribution in [0.1, 0.15) is 29.3 Å². The number of H-pyrrole nitrogens is 1. The Bertz CT molecular complexity index is 1230. The number of carbonyl (C=O) groups is 1. The number of anilines is 1. The molecule has 1 aromatic heterocycles. The minimum Gasteiger partial charge on any atom is -0.295 e. The van der Waals surface area contributed by atoms with Crippen LogP contribution in [-0.2, 0) is 4.79 Å². The van der Waals surface area contributed by atoms with Crippen molar-refractivity contribution in [3.63, 3.8) is 0 Å². The topological polar surface area (TPSA) is 70.5 Å². The van der Waals surface area contributed by atoms with Gasteiger partial charge < -0.3 is 0 Å². The summed E-state index contributed by atoms with van der Waals surface area (Å²) in [5.41, 5.74) is 5.53. The van der Waals surface area contributed by atoms with Gasteiger partial charge in [0.1, 0.15) is 0 Å². The lowest BCUT2D eigenvalue weighted by Crippen LogP contribution is -2.22. The van der Waals surface area contributed by atoms with Gasteiger partial charge in [0.05, 0.1) is 28.2 Å². The summed E-state index contributed by atoms with van der Waals surface area (Å²) < 4.78 is 1.51. The minimum absolute atomic E-state index is 0.196. The van der Waals surface area contributed by atoms with Crippen LogP contribution in [-0.4, -0.2) is 21.4 Å². The number of amides is 1. The third-order valence-electron chi connectivity index (χ3n) is 5.10. The molecule has 6 heteroatoms. The number of aromatic nitrogens is 2. The van der Waals surface area contributed by atoms with Crippen LogP contribution in [0.25, 0.3) is 11.8 Å². The molecule has 0 atom stereocenters. The first-order valence-corrected chi connectivity index (χ1v) is 9.43. The van der Waals surface area contributed by atoms with Crippen molar-refractivity contribution in [2.75, 3.05) is 5.01 Å². The molecule has 3 aromatic rings. The number of carbonyl (C=O) groups excluding carboxylic acids is 1. The van der Waals surface area contributed by atoms with E-state index in [-0.39, 0.29) is 11.5 Å². The molecule has 1 aliphatic heterocycles. The van der Waals surface area contributed by atoms with Crippen LogP contribution < -0.4 is 10.6 Å². The highest BCUT2D eigenvalue weighted by atomic mass is 16.2. The SMILES string of the molecule is CC1=NN(c2ccc(C)cc2)C(=O)/C1=C/c1c(C)[nH]n(-c2ccccc2C)c1=O. The van der Waals surface area contributed by atoms with E-state index in [1.54, 1.807) is 13.0 Å². The first-order chi connectivity index (χ1) is 13.9. The molecule has 1 N–H and O–H groups in total. The summed E-state index contributed by atoms with van der Waals surface area (Å²) in [4.78, 5) is 26.0. The number of aromatic amines is 1. The normalized spacial score (nSPS) is 15.3. The molecule has 0 saturated heterocycles. The van der Waals surface area contributed by atoms with Crippen LogP contribution in [0, 0.1) is 20.8 Å². The first-order valence-electron chi connectivity index (χ1n) is 9.43. The summed E-state index contributed by atoms with van der Waals surface area (Å²) >= 11 is 0. The molecule has 4 rings (SSSR count). The van der Waals surface area contributed by atoms with E-state index < -0.39 is 0 Å². The number of aryl methyl sites for hydroxylation is 3. The molecule has 146 valence electrons. The van der Waals surface area contributed by atoms with Crippen molar-refractivity contribution in [2.45, 2.75) is 27.7 Å². The summed E-state index contributed by atoms with van der Waals surface area (Å²) in [6.07, 6.45) is 1.64. The van der Waals surface area contributed by atoms with Crippen LogP contribution in [0.2, 0.25) is 0 Å². The Morgan fingerprint density at radius 2 is 1.62 bits per heavy atom. The smallest absolute Gasteiger partial charge is 0.280 e. The third-order valence-corrected chi connectivity index (χ3v) is 5.10. The number of nitrogens with one attached hydrogen (secondary N) is 1. The van der Waals surface area contributed by atoms with E-state index in [0.717, 1.165) is 16.8 Å². The molecular formula is C23H22N4O2. The van der Waals surface area contributed by atoms with Gasteiger partial charge >= 0.3 is 0 Å². The largest absolute Gasteiger partial charge is 0.295 e. The Morgan fingerprint density at radius 1 is 0.931 bits per heavy atom. The number of hydrogen-bond acceptors (Lipinski definition) is 3. The van der Waals surface area contributed by atoms with E-state index in [1.165, 1.54) is 9.69 Å². The molecule has 0 bridgehead atoms. The number of benzene rings is 2. The number of para-hydroxylation sites is 1. The van der Waals surface area contributed by atoms with Gasteiger partial charge in [0, 0.05) is 5.69 Å². The molecule has 0 fully saturated rings. The summed E-state index contributed by atoms with van der Waals surface area (Å²) in [6, 6.07) is 15.3. The fourth-order valence-corrected chi connectivity index (χ4v) is 3.40. The fourth-order valence-electron chi connectivity index (χ4n) is 3.40. The highest BCUT2D eigenvalue weighted by molar-refractivity contribution is 6.32. The molecule has 6 nitrogen and oxygen atoms in total. The quantitative estimate of drug-likeness (QED) is 0.694. The maximum absolute atomic E-state index is 13.1. The molecular weight excluding hydrogens is 364 g/mol. The van der Waals surface area contributed by atoms with E-state index in [1.807, 2.05) is 69.3 Å². The van der Waals surface area contributed by atoms with Crippen molar-refractivity contribution in [1.29, 1.82) is 0 Å². The van der Waals surface area contributed by atoms with Crippen LogP contribution in [0.15, 0.2) is 64.0 Å². The van der Waals surface area contributed by atoms with Crippen LogP contribution in [0.4, 0.5) is 5.69 Å². The molecule has 0 unspecified atom stereocenters. The summed E-state index contributed by atoms with van der Waals surface area (Å²) in [7, 11) is 0. The standard InChI is InChI=1S/C23H22N4O2/c1-14-9-11-18(12-10-14)26-22(28)19(16(3)24-26)13-20-17(4)25-27(23(20)29)21-8-6-5-7-15(21)2/h5-13,25H,1-4H3/b19-13+. The predicted molar refractivity (Wildman–Crippen MR) is 116 cm³/mol.